The van der Waals surface area contributed by atoms with Gasteiger partial charge in [0.1, 0.15) is 5.75 Å². The van der Waals surface area contributed by atoms with Gasteiger partial charge in [0.15, 0.2) is 0 Å². The van der Waals surface area contributed by atoms with Gasteiger partial charge in [-0.2, -0.15) is 0 Å². The molecular weight excluding hydrogens is 252 g/mol. The van der Waals surface area contributed by atoms with Crippen molar-refractivity contribution < 1.29 is 14.6 Å². The summed E-state index contributed by atoms with van der Waals surface area (Å²) in [6.07, 6.45) is -0.0313. The van der Waals surface area contributed by atoms with Crippen molar-refractivity contribution in [1.29, 1.82) is 0 Å². The first-order valence-electron chi connectivity index (χ1n) is 5.61. The smallest absolute Gasteiger partial charge is 0.335 e. The van der Waals surface area contributed by atoms with E-state index in [1.54, 1.807) is 12.1 Å². The summed E-state index contributed by atoms with van der Waals surface area (Å²) in [6.45, 7) is 3.79. The fourth-order valence-electron chi connectivity index (χ4n) is 1.79. The summed E-state index contributed by atoms with van der Waals surface area (Å²) in [4.78, 5) is 11.1. The SMILES string of the molecule is CC(C)Oc1cc(C(=O)O)cc2c(Cl)cccc12. The Hall–Kier alpha value is -1.74. The molecular formula is C14H13ClO3. The van der Waals surface area contributed by atoms with Crippen LogP contribution in [0.15, 0.2) is 30.3 Å². The summed E-state index contributed by atoms with van der Waals surface area (Å²) in [5.41, 5.74) is 0.172. The van der Waals surface area contributed by atoms with Gasteiger partial charge in [-0.15, -0.1) is 0 Å². The number of ether oxygens (including phenoxy) is 1. The van der Waals surface area contributed by atoms with E-state index in [1.165, 1.54) is 6.07 Å². The second-order valence-corrected chi connectivity index (χ2v) is 4.69. The number of rotatable bonds is 3. The van der Waals surface area contributed by atoms with Crippen molar-refractivity contribution >= 4 is 28.3 Å². The van der Waals surface area contributed by atoms with Crippen LogP contribution in [0.1, 0.15) is 24.2 Å². The van der Waals surface area contributed by atoms with Gasteiger partial charge in [-0.3, -0.25) is 0 Å². The average Bonchev–Trinajstić information content (AvgIpc) is 2.29. The van der Waals surface area contributed by atoms with Crippen molar-refractivity contribution in [1.82, 2.24) is 0 Å². The lowest BCUT2D eigenvalue weighted by Gasteiger charge is -2.14. The Morgan fingerprint density at radius 3 is 2.61 bits per heavy atom. The minimum absolute atomic E-state index is 0.0313. The molecule has 1 N–H and O–H groups in total. The third-order valence-corrected chi connectivity index (χ3v) is 2.84. The molecule has 0 bridgehead atoms. The van der Waals surface area contributed by atoms with Crippen LogP contribution in [0.3, 0.4) is 0 Å². The zero-order valence-corrected chi connectivity index (χ0v) is 10.9. The second kappa shape index (κ2) is 4.86. The van der Waals surface area contributed by atoms with E-state index >= 15 is 0 Å². The highest BCUT2D eigenvalue weighted by atomic mass is 35.5. The number of benzene rings is 2. The molecule has 0 saturated carbocycles. The van der Waals surface area contributed by atoms with Gasteiger partial charge in [0.05, 0.1) is 11.7 Å². The lowest BCUT2D eigenvalue weighted by Crippen LogP contribution is -2.07. The highest BCUT2D eigenvalue weighted by Crippen LogP contribution is 2.32. The van der Waals surface area contributed by atoms with E-state index < -0.39 is 5.97 Å². The number of carbonyl (C=O) groups is 1. The number of carboxylic acids is 1. The first-order chi connectivity index (χ1) is 8.49. The first-order valence-corrected chi connectivity index (χ1v) is 5.99. The van der Waals surface area contributed by atoms with Gasteiger partial charge < -0.3 is 9.84 Å². The van der Waals surface area contributed by atoms with Crippen LogP contribution in [-0.4, -0.2) is 17.2 Å². The molecule has 4 heteroatoms. The molecule has 0 aliphatic carbocycles. The number of halogens is 1. The third kappa shape index (κ3) is 2.41. The Morgan fingerprint density at radius 2 is 2.00 bits per heavy atom. The van der Waals surface area contributed by atoms with Crippen molar-refractivity contribution in [2.24, 2.45) is 0 Å². The number of carboxylic acid groups (broad SMARTS) is 1. The molecule has 0 aromatic heterocycles. The van der Waals surface area contributed by atoms with Gasteiger partial charge in [-0.1, -0.05) is 23.7 Å². The Balaban J connectivity index is 2.73. The van der Waals surface area contributed by atoms with E-state index in [2.05, 4.69) is 0 Å². The maximum atomic E-state index is 11.1. The lowest BCUT2D eigenvalue weighted by molar-refractivity contribution is 0.0696. The largest absolute Gasteiger partial charge is 0.490 e. The van der Waals surface area contributed by atoms with Crippen molar-refractivity contribution in [3.8, 4) is 5.75 Å². The van der Waals surface area contributed by atoms with Crippen molar-refractivity contribution in [2.45, 2.75) is 20.0 Å². The van der Waals surface area contributed by atoms with Gasteiger partial charge in [0.2, 0.25) is 0 Å². The Labute approximate surface area is 110 Å². The maximum absolute atomic E-state index is 11.1. The van der Waals surface area contributed by atoms with Crippen LogP contribution in [0.25, 0.3) is 10.8 Å². The topological polar surface area (TPSA) is 46.5 Å². The average molecular weight is 265 g/mol. The zero-order chi connectivity index (χ0) is 13.3. The Bertz CT molecular complexity index is 605. The highest BCUT2D eigenvalue weighted by Gasteiger charge is 2.12. The van der Waals surface area contributed by atoms with Gasteiger partial charge in [0, 0.05) is 15.8 Å². The zero-order valence-electron chi connectivity index (χ0n) is 10.1. The fourth-order valence-corrected chi connectivity index (χ4v) is 2.02. The van der Waals surface area contributed by atoms with E-state index in [1.807, 2.05) is 26.0 Å². The second-order valence-electron chi connectivity index (χ2n) is 4.28. The molecule has 0 heterocycles. The van der Waals surface area contributed by atoms with Crippen LogP contribution < -0.4 is 4.74 Å². The summed E-state index contributed by atoms with van der Waals surface area (Å²) in [5.74, 6) is -0.451. The van der Waals surface area contributed by atoms with Gasteiger partial charge in [-0.05, 0) is 32.0 Å². The molecule has 0 aliphatic heterocycles. The van der Waals surface area contributed by atoms with E-state index in [-0.39, 0.29) is 11.7 Å². The van der Waals surface area contributed by atoms with Crippen LogP contribution in [-0.2, 0) is 0 Å². The standard InChI is InChI=1S/C14H13ClO3/c1-8(2)18-13-7-9(14(16)17)6-11-10(13)4-3-5-12(11)15/h3-8H,1-2H3,(H,16,17). The third-order valence-electron chi connectivity index (χ3n) is 2.51. The molecule has 0 radical (unpaired) electrons. The summed E-state index contributed by atoms with van der Waals surface area (Å²) in [7, 11) is 0. The van der Waals surface area contributed by atoms with Crippen LogP contribution in [0.5, 0.6) is 5.75 Å². The predicted molar refractivity (Wildman–Crippen MR) is 71.7 cm³/mol. The lowest BCUT2D eigenvalue weighted by atomic mass is 10.1. The molecule has 0 amide bonds. The highest BCUT2D eigenvalue weighted by molar-refractivity contribution is 6.35. The van der Waals surface area contributed by atoms with E-state index in [0.29, 0.717) is 16.2 Å². The maximum Gasteiger partial charge on any atom is 0.335 e. The van der Waals surface area contributed by atoms with Crippen LogP contribution in [0, 0.1) is 0 Å². The molecule has 0 saturated heterocycles. The number of hydrogen-bond acceptors (Lipinski definition) is 2. The van der Waals surface area contributed by atoms with Crippen LogP contribution in [0.4, 0.5) is 0 Å². The normalized spacial score (nSPS) is 10.9. The molecule has 2 aromatic rings. The van der Waals surface area contributed by atoms with Gasteiger partial charge in [0.25, 0.3) is 0 Å². The molecule has 2 rings (SSSR count). The Morgan fingerprint density at radius 1 is 1.28 bits per heavy atom. The van der Waals surface area contributed by atoms with Crippen molar-refractivity contribution in [2.75, 3.05) is 0 Å². The fraction of sp³-hybridized carbons (Fsp3) is 0.214. The minimum atomic E-state index is -0.995. The van der Waals surface area contributed by atoms with E-state index in [4.69, 9.17) is 21.4 Å². The van der Waals surface area contributed by atoms with Crippen LogP contribution in [0.2, 0.25) is 5.02 Å². The predicted octanol–water partition coefficient (Wildman–Crippen LogP) is 3.98. The molecule has 94 valence electrons. The Kier molecular flexibility index (Phi) is 3.43. The molecule has 0 atom stereocenters. The molecule has 0 aliphatic rings. The quantitative estimate of drug-likeness (QED) is 0.912. The monoisotopic (exact) mass is 264 g/mol. The number of hydrogen-bond donors (Lipinski definition) is 1. The summed E-state index contributed by atoms with van der Waals surface area (Å²) >= 11 is 6.09. The van der Waals surface area contributed by atoms with Gasteiger partial charge >= 0.3 is 5.97 Å². The van der Waals surface area contributed by atoms with E-state index in [9.17, 15) is 4.79 Å². The summed E-state index contributed by atoms with van der Waals surface area (Å²) in [6, 6.07) is 8.51. The molecule has 0 unspecified atom stereocenters. The molecule has 3 nitrogen and oxygen atoms in total. The summed E-state index contributed by atoms with van der Waals surface area (Å²) in [5, 5.41) is 11.1. The van der Waals surface area contributed by atoms with Crippen LogP contribution >= 0.6 is 11.6 Å². The minimum Gasteiger partial charge on any atom is -0.490 e. The molecule has 0 spiro atoms. The van der Waals surface area contributed by atoms with E-state index in [0.717, 1.165) is 5.39 Å². The van der Waals surface area contributed by atoms with Gasteiger partial charge in [-0.25, -0.2) is 4.79 Å². The number of fused-ring (bicyclic) bond motifs is 1. The summed E-state index contributed by atoms with van der Waals surface area (Å²) < 4.78 is 5.65. The van der Waals surface area contributed by atoms with Crippen molar-refractivity contribution in [3.05, 3.63) is 40.9 Å². The molecule has 18 heavy (non-hydrogen) atoms. The number of aromatic carboxylic acids is 1. The van der Waals surface area contributed by atoms with Crippen molar-refractivity contribution in [3.63, 3.8) is 0 Å². The molecule has 0 fully saturated rings. The molecule has 2 aromatic carbocycles. The first kappa shape index (κ1) is 12.7.